The average Bonchev–Trinajstić information content (AvgIpc) is 3.31. The lowest BCUT2D eigenvalue weighted by atomic mass is 10.2. The first-order valence-corrected chi connectivity index (χ1v) is 9.63. The SMILES string of the molecule is COC(=O)Nc1nc2c(s1)CN(CC(=O)NCc1ccc3c(c1)OCO3)CC2. The Hall–Kier alpha value is -2.85. The molecule has 2 amide bonds. The van der Waals surface area contributed by atoms with Crippen LogP contribution < -0.4 is 20.1 Å². The lowest BCUT2D eigenvalue weighted by Crippen LogP contribution is -2.39. The normalized spacial score (nSPS) is 15.0. The van der Waals surface area contributed by atoms with Crippen molar-refractivity contribution in [2.45, 2.75) is 19.5 Å². The molecule has 2 aliphatic rings. The van der Waals surface area contributed by atoms with E-state index in [-0.39, 0.29) is 12.7 Å². The van der Waals surface area contributed by atoms with Crippen molar-refractivity contribution in [2.24, 2.45) is 0 Å². The number of rotatable bonds is 5. The molecule has 0 unspecified atom stereocenters. The summed E-state index contributed by atoms with van der Waals surface area (Å²) in [6, 6.07) is 5.64. The third-order valence-electron chi connectivity index (χ3n) is 4.50. The highest BCUT2D eigenvalue weighted by Crippen LogP contribution is 2.32. The van der Waals surface area contributed by atoms with Gasteiger partial charge < -0.3 is 19.5 Å². The largest absolute Gasteiger partial charge is 0.454 e. The Morgan fingerprint density at radius 1 is 1.32 bits per heavy atom. The molecule has 4 rings (SSSR count). The molecule has 1 aromatic heterocycles. The fourth-order valence-electron chi connectivity index (χ4n) is 3.09. The monoisotopic (exact) mass is 404 g/mol. The van der Waals surface area contributed by atoms with Crippen LogP contribution in [0.25, 0.3) is 0 Å². The van der Waals surface area contributed by atoms with Gasteiger partial charge in [-0.05, 0) is 17.7 Å². The van der Waals surface area contributed by atoms with E-state index in [1.165, 1.54) is 18.4 Å². The second kappa shape index (κ2) is 8.03. The Balaban J connectivity index is 1.28. The topological polar surface area (TPSA) is 102 Å². The highest BCUT2D eigenvalue weighted by atomic mass is 32.1. The van der Waals surface area contributed by atoms with E-state index in [2.05, 4.69) is 25.3 Å². The molecule has 0 saturated heterocycles. The van der Waals surface area contributed by atoms with Crippen molar-refractivity contribution < 1.29 is 23.8 Å². The molecule has 148 valence electrons. The van der Waals surface area contributed by atoms with Crippen LogP contribution >= 0.6 is 11.3 Å². The summed E-state index contributed by atoms with van der Waals surface area (Å²) in [6.07, 6.45) is 0.204. The van der Waals surface area contributed by atoms with Gasteiger partial charge in [0.15, 0.2) is 16.6 Å². The molecule has 28 heavy (non-hydrogen) atoms. The van der Waals surface area contributed by atoms with Crippen LogP contribution in [-0.2, 0) is 29.0 Å². The van der Waals surface area contributed by atoms with Gasteiger partial charge in [-0.15, -0.1) is 0 Å². The van der Waals surface area contributed by atoms with Gasteiger partial charge in [0, 0.05) is 30.9 Å². The van der Waals surface area contributed by atoms with Crippen LogP contribution in [0.5, 0.6) is 11.5 Å². The summed E-state index contributed by atoms with van der Waals surface area (Å²) in [4.78, 5) is 31.2. The standard InChI is InChI=1S/C18H20N4O5S/c1-25-18(24)21-17-20-12-4-5-22(8-15(12)28-17)9-16(23)19-7-11-2-3-13-14(6-11)27-10-26-13/h2-3,6H,4-5,7-10H2,1H3,(H,19,23)(H,20,21,24). The number of ether oxygens (including phenoxy) is 3. The summed E-state index contributed by atoms with van der Waals surface area (Å²) in [7, 11) is 1.31. The minimum Gasteiger partial charge on any atom is -0.454 e. The highest BCUT2D eigenvalue weighted by Gasteiger charge is 2.23. The van der Waals surface area contributed by atoms with Crippen molar-refractivity contribution in [3.8, 4) is 11.5 Å². The zero-order valence-corrected chi connectivity index (χ0v) is 16.1. The maximum atomic E-state index is 12.3. The van der Waals surface area contributed by atoms with Crippen molar-refractivity contribution >= 4 is 28.5 Å². The molecule has 0 spiro atoms. The van der Waals surface area contributed by atoms with E-state index < -0.39 is 6.09 Å². The number of aromatic nitrogens is 1. The Morgan fingerprint density at radius 3 is 3.04 bits per heavy atom. The Bertz CT molecular complexity index is 900. The number of benzene rings is 1. The number of anilines is 1. The van der Waals surface area contributed by atoms with Gasteiger partial charge in [0.1, 0.15) is 0 Å². The molecule has 0 saturated carbocycles. The van der Waals surface area contributed by atoms with E-state index in [0.717, 1.165) is 34.8 Å². The number of methoxy groups -OCH3 is 1. The lowest BCUT2D eigenvalue weighted by molar-refractivity contribution is -0.122. The van der Waals surface area contributed by atoms with Crippen LogP contribution in [-0.4, -0.2) is 48.9 Å². The molecule has 9 nitrogen and oxygen atoms in total. The zero-order valence-electron chi connectivity index (χ0n) is 15.3. The quantitative estimate of drug-likeness (QED) is 0.782. The van der Waals surface area contributed by atoms with Gasteiger partial charge >= 0.3 is 6.09 Å². The molecule has 2 aromatic rings. The van der Waals surface area contributed by atoms with Crippen molar-refractivity contribution in [1.82, 2.24) is 15.2 Å². The van der Waals surface area contributed by atoms with E-state index >= 15 is 0 Å². The molecule has 2 N–H and O–H groups in total. The number of nitrogens with one attached hydrogen (secondary N) is 2. The first-order chi connectivity index (χ1) is 13.6. The number of hydrogen-bond donors (Lipinski definition) is 2. The molecule has 2 aliphatic heterocycles. The fourth-order valence-corrected chi connectivity index (χ4v) is 4.12. The zero-order chi connectivity index (χ0) is 19.5. The summed E-state index contributed by atoms with van der Waals surface area (Å²) in [5.41, 5.74) is 1.92. The van der Waals surface area contributed by atoms with Crippen LogP contribution in [0.4, 0.5) is 9.93 Å². The van der Waals surface area contributed by atoms with E-state index in [1.807, 2.05) is 18.2 Å². The van der Waals surface area contributed by atoms with Crippen LogP contribution in [0, 0.1) is 0 Å². The third-order valence-corrected chi connectivity index (χ3v) is 5.50. The molecule has 1 aromatic carbocycles. The number of thiazole rings is 1. The van der Waals surface area contributed by atoms with E-state index in [1.54, 1.807) is 0 Å². The molecule has 0 aliphatic carbocycles. The fraction of sp³-hybridized carbons (Fsp3) is 0.389. The molecule has 0 atom stereocenters. The van der Waals surface area contributed by atoms with Gasteiger partial charge in [-0.25, -0.2) is 9.78 Å². The molecule has 0 fully saturated rings. The van der Waals surface area contributed by atoms with E-state index in [9.17, 15) is 9.59 Å². The number of fused-ring (bicyclic) bond motifs is 2. The first-order valence-electron chi connectivity index (χ1n) is 8.82. The maximum Gasteiger partial charge on any atom is 0.413 e. The van der Waals surface area contributed by atoms with E-state index in [4.69, 9.17) is 9.47 Å². The molecule has 3 heterocycles. The van der Waals surface area contributed by atoms with Crippen LogP contribution in [0.3, 0.4) is 0 Å². The molecular formula is C18H20N4O5S. The Kier molecular flexibility index (Phi) is 5.31. The number of carbonyl (C=O) groups is 2. The van der Waals surface area contributed by atoms with Gasteiger partial charge in [0.2, 0.25) is 12.7 Å². The summed E-state index contributed by atoms with van der Waals surface area (Å²) in [5, 5.41) is 6.05. The van der Waals surface area contributed by atoms with Crippen LogP contribution in [0.1, 0.15) is 16.1 Å². The first kappa shape index (κ1) is 18.5. The summed E-state index contributed by atoms with van der Waals surface area (Å²) >= 11 is 1.41. The van der Waals surface area contributed by atoms with E-state index in [0.29, 0.717) is 30.5 Å². The summed E-state index contributed by atoms with van der Waals surface area (Å²) in [6.45, 7) is 2.35. The lowest BCUT2D eigenvalue weighted by Gasteiger charge is -2.25. The van der Waals surface area contributed by atoms with Gasteiger partial charge in [0.25, 0.3) is 0 Å². The van der Waals surface area contributed by atoms with Gasteiger partial charge in [-0.2, -0.15) is 0 Å². The van der Waals surface area contributed by atoms with Crippen LogP contribution in [0.15, 0.2) is 18.2 Å². The number of hydrogen-bond acceptors (Lipinski definition) is 8. The molecule has 10 heteroatoms. The molecule has 0 bridgehead atoms. The summed E-state index contributed by atoms with van der Waals surface area (Å²) in [5.74, 6) is 1.39. The minimum atomic E-state index is -0.536. The number of amides is 2. The molecular weight excluding hydrogens is 384 g/mol. The predicted molar refractivity (Wildman–Crippen MR) is 102 cm³/mol. The average molecular weight is 404 g/mol. The van der Waals surface area contributed by atoms with Gasteiger partial charge in [-0.3, -0.25) is 15.0 Å². The van der Waals surface area contributed by atoms with Crippen molar-refractivity contribution in [1.29, 1.82) is 0 Å². The maximum absolute atomic E-state index is 12.3. The van der Waals surface area contributed by atoms with Crippen molar-refractivity contribution in [3.05, 3.63) is 34.3 Å². The Labute approximate surface area is 165 Å². The second-order valence-electron chi connectivity index (χ2n) is 6.43. The second-order valence-corrected chi connectivity index (χ2v) is 7.51. The van der Waals surface area contributed by atoms with Gasteiger partial charge in [0.05, 0.1) is 19.3 Å². The number of carbonyl (C=O) groups excluding carboxylic acids is 2. The summed E-state index contributed by atoms with van der Waals surface area (Å²) < 4.78 is 15.2. The third kappa shape index (κ3) is 4.18. The smallest absolute Gasteiger partial charge is 0.413 e. The minimum absolute atomic E-state index is 0.0430. The molecule has 0 radical (unpaired) electrons. The predicted octanol–water partition coefficient (Wildman–Crippen LogP) is 1.72. The highest BCUT2D eigenvalue weighted by molar-refractivity contribution is 7.15. The van der Waals surface area contributed by atoms with Crippen LogP contribution in [0.2, 0.25) is 0 Å². The number of nitrogens with zero attached hydrogens (tertiary/aromatic N) is 2. The Morgan fingerprint density at radius 2 is 2.18 bits per heavy atom. The van der Waals surface area contributed by atoms with Gasteiger partial charge in [-0.1, -0.05) is 17.4 Å². The van der Waals surface area contributed by atoms with Crippen molar-refractivity contribution in [2.75, 3.05) is 32.3 Å². The van der Waals surface area contributed by atoms with Crippen molar-refractivity contribution in [3.63, 3.8) is 0 Å².